The molecule has 0 amide bonds. The summed E-state index contributed by atoms with van der Waals surface area (Å²) in [4.78, 5) is 0. The van der Waals surface area contributed by atoms with Crippen LogP contribution in [-0.4, -0.2) is 23.5 Å². The number of aryl methyl sites for hydroxylation is 2. The monoisotopic (exact) mass is 340 g/mol. The first kappa shape index (κ1) is 20.7. The minimum Gasteiger partial charge on any atom is -0.445 e. The van der Waals surface area contributed by atoms with E-state index in [1.165, 1.54) is 12.8 Å². The molecular formula is C11H17BF8N2. The van der Waals surface area contributed by atoms with Gasteiger partial charge in [-0.2, -0.15) is 13.2 Å². The van der Waals surface area contributed by atoms with Gasteiger partial charge in [0.1, 0.15) is 12.4 Å². The van der Waals surface area contributed by atoms with Gasteiger partial charge in [0.15, 0.2) is 0 Å². The van der Waals surface area contributed by atoms with Crippen molar-refractivity contribution in [2.24, 2.45) is 0 Å². The standard InChI is InChI=1S/C9H17N2.C2BF8/c1-3-5-6-11-8-7-10(4-2)9-11;4-1(5,2(6,7)8)3(9,10)11/h7-9H,3-6H2,1-2H3;/q+1;-1. The highest BCUT2D eigenvalue weighted by Crippen LogP contribution is 2.43. The van der Waals surface area contributed by atoms with Crippen molar-refractivity contribution in [2.75, 3.05) is 0 Å². The molecule has 0 bridgehead atoms. The van der Waals surface area contributed by atoms with E-state index >= 15 is 0 Å². The Morgan fingerprint density at radius 2 is 1.59 bits per heavy atom. The summed E-state index contributed by atoms with van der Waals surface area (Å²) in [5, 5.41) is 0. The summed E-state index contributed by atoms with van der Waals surface area (Å²) in [7, 11) is 0. The zero-order valence-electron chi connectivity index (χ0n) is 12.1. The number of unbranched alkanes of at least 4 members (excludes halogenated alkanes) is 1. The molecule has 0 saturated carbocycles. The Hall–Kier alpha value is -1.29. The van der Waals surface area contributed by atoms with Gasteiger partial charge in [-0.3, -0.25) is 0 Å². The molecule has 0 aliphatic carbocycles. The molecule has 0 aromatic carbocycles. The van der Waals surface area contributed by atoms with Crippen molar-refractivity contribution in [3.05, 3.63) is 18.7 Å². The average Bonchev–Trinajstić information content (AvgIpc) is 2.82. The van der Waals surface area contributed by atoms with E-state index in [-0.39, 0.29) is 0 Å². The van der Waals surface area contributed by atoms with Crippen molar-refractivity contribution < 1.29 is 39.5 Å². The normalized spacial score (nSPS) is 12.8. The average molecular weight is 340 g/mol. The Kier molecular flexibility index (Phi) is 7.36. The third-order valence-electron chi connectivity index (χ3n) is 2.67. The number of hydrogen-bond donors (Lipinski definition) is 0. The zero-order chi connectivity index (χ0) is 17.6. The van der Waals surface area contributed by atoms with Gasteiger partial charge in [-0.05, 0) is 13.3 Å². The van der Waals surface area contributed by atoms with Crippen molar-refractivity contribution in [1.29, 1.82) is 0 Å². The molecule has 22 heavy (non-hydrogen) atoms. The lowest BCUT2D eigenvalue weighted by Crippen LogP contribution is -2.53. The number of halogens is 8. The minimum atomic E-state index is -7.21. The second kappa shape index (κ2) is 7.82. The molecule has 0 spiro atoms. The van der Waals surface area contributed by atoms with E-state index in [0.29, 0.717) is 0 Å². The highest BCUT2D eigenvalue weighted by atomic mass is 19.4. The van der Waals surface area contributed by atoms with Gasteiger partial charge in [-0.15, -0.1) is 0 Å². The van der Waals surface area contributed by atoms with E-state index in [1.54, 1.807) is 0 Å². The molecule has 1 aromatic heterocycles. The van der Waals surface area contributed by atoms with Gasteiger partial charge < -0.3 is 12.9 Å². The quantitative estimate of drug-likeness (QED) is 0.432. The molecule has 1 rings (SSSR count). The van der Waals surface area contributed by atoms with Crippen LogP contribution in [0.5, 0.6) is 0 Å². The van der Waals surface area contributed by atoms with Crippen LogP contribution in [0.25, 0.3) is 0 Å². The lowest BCUT2D eigenvalue weighted by Gasteiger charge is -2.28. The lowest BCUT2D eigenvalue weighted by atomic mass is 9.80. The molecule has 11 heteroatoms. The molecule has 1 heterocycles. The minimum absolute atomic E-state index is 1.07. The third-order valence-corrected chi connectivity index (χ3v) is 2.67. The third kappa shape index (κ3) is 5.84. The maximum atomic E-state index is 11.2. The molecule has 0 radical (unpaired) electrons. The Labute approximate surface area is 122 Å². The van der Waals surface area contributed by atoms with Crippen molar-refractivity contribution in [3.63, 3.8) is 0 Å². The summed E-state index contributed by atoms with van der Waals surface area (Å²) in [6.07, 6.45) is 2.42. The fraction of sp³-hybridized carbons (Fsp3) is 0.727. The summed E-state index contributed by atoms with van der Waals surface area (Å²) in [6, 6.07) is 0. The van der Waals surface area contributed by atoms with E-state index < -0.39 is 19.0 Å². The van der Waals surface area contributed by atoms with Crippen molar-refractivity contribution in [1.82, 2.24) is 4.57 Å². The Balaban J connectivity index is 0.000000401. The molecule has 0 aliphatic rings. The summed E-state index contributed by atoms with van der Waals surface area (Å²) >= 11 is 0. The van der Waals surface area contributed by atoms with Crippen LogP contribution >= 0.6 is 0 Å². The predicted molar refractivity (Wildman–Crippen MR) is 65.3 cm³/mol. The largest absolute Gasteiger partial charge is 0.558 e. The number of alkyl halides is 5. The Morgan fingerprint density at radius 1 is 1.05 bits per heavy atom. The molecular weight excluding hydrogens is 323 g/mol. The fourth-order valence-electron chi connectivity index (χ4n) is 1.28. The van der Waals surface area contributed by atoms with E-state index in [2.05, 4.69) is 41.7 Å². The number of hydrogen-bond acceptors (Lipinski definition) is 0. The second-order valence-electron chi connectivity index (χ2n) is 4.53. The molecule has 130 valence electrons. The van der Waals surface area contributed by atoms with Gasteiger partial charge in [0.2, 0.25) is 6.33 Å². The molecule has 0 saturated heterocycles. The zero-order valence-corrected chi connectivity index (χ0v) is 12.1. The Morgan fingerprint density at radius 3 is 1.86 bits per heavy atom. The van der Waals surface area contributed by atoms with Crippen LogP contribution in [0.1, 0.15) is 26.7 Å². The number of nitrogens with zero attached hydrogens (tertiary/aromatic N) is 2. The van der Waals surface area contributed by atoms with E-state index in [0.717, 1.165) is 13.1 Å². The van der Waals surface area contributed by atoms with E-state index in [9.17, 15) is 34.9 Å². The molecule has 1 aromatic rings. The highest BCUT2D eigenvalue weighted by molar-refractivity contribution is 6.61. The van der Waals surface area contributed by atoms with Gasteiger partial charge >= 0.3 is 19.0 Å². The molecule has 0 N–H and O–H groups in total. The summed E-state index contributed by atoms with van der Waals surface area (Å²) in [6.45, 7) is -0.607. The first-order valence-corrected chi connectivity index (χ1v) is 6.55. The maximum absolute atomic E-state index is 11.2. The topological polar surface area (TPSA) is 8.81 Å². The van der Waals surface area contributed by atoms with Crippen LogP contribution in [0.3, 0.4) is 0 Å². The van der Waals surface area contributed by atoms with Crippen LogP contribution in [0.15, 0.2) is 18.7 Å². The number of rotatable bonds is 5. The molecule has 0 fully saturated rings. The lowest BCUT2D eigenvalue weighted by molar-refractivity contribution is -0.693. The van der Waals surface area contributed by atoms with Crippen molar-refractivity contribution >= 4 is 6.98 Å². The van der Waals surface area contributed by atoms with Crippen LogP contribution < -0.4 is 4.57 Å². The summed E-state index contributed by atoms with van der Waals surface area (Å²) < 4.78 is 92.3. The van der Waals surface area contributed by atoms with E-state index in [1.807, 2.05) is 0 Å². The summed E-state index contributed by atoms with van der Waals surface area (Å²) in [5.74, 6) is -6.56. The van der Waals surface area contributed by atoms with E-state index in [4.69, 9.17) is 0 Å². The van der Waals surface area contributed by atoms with Gasteiger partial charge in [0.05, 0.1) is 13.1 Å². The van der Waals surface area contributed by atoms with Gasteiger partial charge in [-0.1, -0.05) is 13.3 Å². The molecule has 0 aliphatic heterocycles. The number of imidazole rings is 1. The van der Waals surface area contributed by atoms with Crippen LogP contribution in [0.2, 0.25) is 0 Å². The van der Waals surface area contributed by atoms with Gasteiger partial charge in [-0.25, -0.2) is 17.9 Å². The Bertz CT molecular complexity index is 422. The van der Waals surface area contributed by atoms with Crippen LogP contribution in [-0.2, 0) is 13.1 Å². The van der Waals surface area contributed by atoms with Crippen molar-refractivity contribution in [2.45, 2.75) is 51.8 Å². The van der Waals surface area contributed by atoms with Gasteiger partial charge in [0.25, 0.3) is 0 Å². The second-order valence-corrected chi connectivity index (χ2v) is 4.53. The predicted octanol–water partition coefficient (Wildman–Crippen LogP) is 4.17. The summed E-state index contributed by atoms with van der Waals surface area (Å²) in [5.41, 5.74) is 0. The molecule has 0 atom stereocenters. The van der Waals surface area contributed by atoms with Gasteiger partial charge in [0, 0.05) is 0 Å². The molecule has 2 nitrogen and oxygen atoms in total. The smallest absolute Gasteiger partial charge is 0.445 e. The first-order valence-electron chi connectivity index (χ1n) is 6.55. The first-order chi connectivity index (χ1) is 9.86. The van der Waals surface area contributed by atoms with Crippen LogP contribution in [0.4, 0.5) is 34.9 Å². The van der Waals surface area contributed by atoms with Crippen molar-refractivity contribution in [3.8, 4) is 0 Å². The SMILES string of the molecule is CCCCn1cc[n+](CC)c1.F[B-](F)(F)C(F)(F)C(F)(F)F. The number of aromatic nitrogens is 2. The van der Waals surface area contributed by atoms with Crippen LogP contribution in [0, 0.1) is 0 Å². The molecule has 0 unspecified atom stereocenters. The fourth-order valence-corrected chi connectivity index (χ4v) is 1.28. The highest BCUT2D eigenvalue weighted by Gasteiger charge is 2.69. The maximum Gasteiger partial charge on any atom is 0.558 e.